The smallest absolute Gasteiger partial charge is 0.240 e. The third-order valence-electron chi connectivity index (χ3n) is 4.11. The molecule has 0 aliphatic heterocycles. The average Bonchev–Trinajstić information content (AvgIpc) is 2.62. The Bertz CT molecular complexity index is 740. The van der Waals surface area contributed by atoms with Gasteiger partial charge in [-0.05, 0) is 42.5 Å². The quantitative estimate of drug-likeness (QED) is 0.679. The van der Waals surface area contributed by atoms with Crippen molar-refractivity contribution in [3.63, 3.8) is 0 Å². The summed E-state index contributed by atoms with van der Waals surface area (Å²) in [5.74, 6) is 0.383. The molecular formula is C20H27NO3S. The largest absolute Gasteiger partial charge is 0.374 e. The zero-order chi connectivity index (χ0) is 18.3. The summed E-state index contributed by atoms with van der Waals surface area (Å²) in [5, 5.41) is 0. The van der Waals surface area contributed by atoms with E-state index in [0.717, 1.165) is 11.1 Å². The van der Waals surface area contributed by atoms with Gasteiger partial charge in [0, 0.05) is 13.2 Å². The van der Waals surface area contributed by atoms with Crippen LogP contribution in [0, 0.1) is 0 Å². The number of nitrogens with one attached hydrogen (secondary N) is 1. The van der Waals surface area contributed by atoms with E-state index in [-0.39, 0.29) is 6.10 Å². The van der Waals surface area contributed by atoms with Crippen LogP contribution in [0.25, 0.3) is 0 Å². The highest BCUT2D eigenvalue weighted by Crippen LogP contribution is 2.18. The summed E-state index contributed by atoms with van der Waals surface area (Å²) < 4.78 is 32.9. The van der Waals surface area contributed by atoms with Crippen molar-refractivity contribution < 1.29 is 13.2 Å². The van der Waals surface area contributed by atoms with Crippen LogP contribution in [-0.4, -0.2) is 21.6 Å². The molecule has 0 spiro atoms. The van der Waals surface area contributed by atoms with Crippen molar-refractivity contribution in [2.24, 2.45) is 0 Å². The van der Waals surface area contributed by atoms with E-state index in [1.165, 1.54) is 0 Å². The van der Waals surface area contributed by atoms with E-state index in [9.17, 15) is 8.42 Å². The van der Waals surface area contributed by atoms with Crippen molar-refractivity contribution in [1.29, 1.82) is 0 Å². The predicted molar refractivity (Wildman–Crippen MR) is 101 cm³/mol. The maximum absolute atomic E-state index is 12.3. The van der Waals surface area contributed by atoms with Gasteiger partial charge < -0.3 is 4.74 Å². The van der Waals surface area contributed by atoms with Gasteiger partial charge in [-0.2, -0.15) is 0 Å². The Hall–Kier alpha value is -1.69. The summed E-state index contributed by atoms with van der Waals surface area (Å²) >= 11 is 0. The second-order valence-corrected chi connectivity index (χ2v) is 8.17. The van der Waals surface area contributed by atoms with Crippen molar-refractivity contribution in [2.45, 2.75) is 44.1 Å². The molecule has 1 atom stereocenters. The highest BCUT2D eigenvalue weighted by atomic mass is 32.2. The summed E-state index contributed by atoms with van der Waals surface area (Å²) in [6, 6.07) is 17.0. The minimum atomic E-state index is -3.46. The lowest BCUT2D eigenvalue weighted by Gasteiger charge is -2.13. The lowest BCUT2D eigenvalue weighted by Crippen LogP contribution is -2.25. The van der Waals surface area contributed by atoms with E-state index in [1.54, 1.807) is 12.1 Å². The van der Waals surface area contributed by atoms with E-state index in [2.05, 4.69) is 18.6 Å². The normalized spacial score (nSPS) is 13.1. The maximum atomic E-state index is 12.3. The van der Waals surface area contributed by atoms with Gasteiger partial charge in [0.25, 0.3) is 0 Å². The summed E-state index contributed by atoms with van der Waals surface area (Å²) in [4.78, 5) is 0.301. The van der Waals surface area contributed by atoms with Gasteiger partial charge in [-0.3, -0.25) is 0 Å². The minimum absolute atomic E-state index is 0.00128. The van der Waals surface area contributed by atoms with Gasteiger partial charge in [0.1, 0.15) is 0 Å². The lowest BCUT2D eigenvalue weighted by molar-refractivity contribution is 0.0647. The molecule has 0 saturated carbocycles. The van der Waals surface area contributed by atoms with Crippen molar-refractivity contribution in [1.82, 2.24) is 4.72 Å². The molecule has 2 aromatic carbocycles. The zero-order valence-electron chi connectivity index (χ0n) is 15.1. The Balaban J connectivity index is 1.76. The van der Waals surface area contributed by atoms with Gasteiger partial charge >= 0.3 is 0 Å². The summed E-state index contributed by atoms with van der Waals surface area (Å²) in [5.41, 5.74) is 2.25. The first-order chi connectivity index (χ1) is 11.9. The van der Waals surface area contributed by atoms with Crippen LogP contribution in [0.4, 0.5) is 0 Å². The maximum Gasteiger partial charge on any atom is 0.240 e. The average molecular weight is 362 g/mol. The van der Waals surface area contributed by atoms with E-state index < -0.39 is 10.0 Å². The molecule has 0 radical (unpaired) electrons. The second-order valence-electron chi connectivity index (χ2n) is 6.40. The zero-order valence-corrected chi connectivity index (χ0v) is 15.9. The van der Waals surface area contributed by atoms with Gasteiger partial charge in [-0.1, -0.05) is 56.3 Å². The standard InChI is InChI=1S/C20H27NO3S/c1-16(2)18-10-12-20(13-11-18)25(22,23)21-14-7-15-24-17(3)19-8-5-4-6-9-19/h4-6,8-13,16-17,21H,7,14-15H2,1-3H3. The molecule has 5 heteroatoms. The molecule has 1 N–H and O–H groups in total. The van der Waals surface area contributed by atoms with Gasteiger partial charge in [0.05, 0.1) is 11.0 Å². The lowest BCUT2D eigenvalue weighted by atomic mass is 10.0. The molecule has 0 amide bonds. The first-order valence-electron chi connectivity index (χ1n) is 8.66. The molecule has 0 aliphatic rings. The molecule has 0 fully saturated rings. The summed E-state index contributed by atoms with van der Waals surface area (Å²) in [6.07, 6.45) is 0.627. The number of hydrogen-bond donors (Lipinski definition) is 1. The van der Waals surface area contributed by atoms with Crippen LogP contribution in [0.1, 0.15) is 50.3 Å². The van der Waals surface area contributed by atoms with Gasteiger partial charge in [-0.15, -0.1) is 0 Å². The molecule has 0 heterocycles. The molecule has 0 aromatic heterocycles. The van der Waals surface area contributed by atoms with Crippen LogP contribution in [0.3, 0.4) is 0 Å². The second kappa shape index (κ2) is 9.13. The fourth-order valence-electron chi connectivity index (χ4n) is 2.47. The highest BCUT2D eigenvalue weighted by molar-refractivity contribution is 7.89. The Morgan fingerprint density at radius 2 is 1.56 bits per heavy atom. The SMILES string of the molecule is CC(C)c1ccc(S(=O)(=O)NCCCOC(C)c2ccccc2)cc1. The van der Waals surface area contributed by atoms with E-state index in [0.29, 0.717) is 30.4 Å². The Morgan fingerprint density at radius 3 is 2.16 bits per heavy atom. The Morgan fingerprint density at radius 1 is 0.920 bits per heavy atom. The highest BCUT2D eigenvalue weighted by Gasteiger charge is 2.13. The molecule has 1 unspecified atom stereocenters. The van der Waals surface area contributed by atoms with Crippen LogP contribution in [0.15, 0.2) is 59.5 Å². The molecule has 2 aromatic rings. The van der Waals surface area contributed by atoms with Crippen molar-refractivity contribution in [2.75, 3.05) is 13.2 Å². The van der Waals surface area contributed by atoms with E-state index in [4.69, 9.17) is 4.74 Å². The third kappa shape index (κ3) is 5.96. The van der Waals surface area contributed by atoms with Gasteiger partial charge in [-0.25, -0.2) is 13.1 Å². The number of ether oxygens (including phenoxy) is 1. The molecule has 25 heavy (non-hydrogen) atoms. The fourth-order valence-corrected chi connectivity index (χ4v) is 3.55. The van der Waals surface area contributed by atoms with E-state index >= 15 is 0 Å². The molecular weight excluding hydrogens is 334 g/mol. The van der Waals surface area contributed by atoms with Crippen molar-refractivity contribution in [3.8, 4) is 0 Å². The van der Waals surface area contributed by atoms with Gasteiger partial charge in [0.2, 0.25) is 10.0 Å². The Kier molecular flexibility index (Phi) is 7.17. The van der Waals surface area contributed by atoms with E-state index in [1.807, 2.05) is 49.4 Å². The first-order valence-corrected chi connectivity index (χ1v) is 10.1. The van der Waals surface area contributed by atoms with Crippen LogP contribution in [0.5, 0.6) is 0 Å². The molecule has 0 saturated heterocycles. The topological polar surface area (TPSA) is 55.4 Å². The molecule has 4 nitrogen and oxygen atoms in total. The fraction of sp³-hybridized carbons (Fsp3) is 0.400. The Labute approximate surface area is 151 Å². The summed E-state index contributed by atoms with van der Waals surface area (Å²) in [6.45, 7) is 7.02. The van der Waals surface area contributed by atoms with Crippen molar-refractivity contribution >= 4 is 10.0 Å². The number of rotatable bonds is 9. The van der Waals surface area contributed by atoms with Crippen LogP contribution in [-0.2, 0) is 14.8 Å². The summed E-state index contributed by atoms with van der Waals surface area (Å²) in [7, 11) is -3.46. The predicted octanol–water partition coefficient (Wildman–Crippen LogP) is 4.26. The van der Waals surface area contributed by atoms with Crippen LogP contribution in [0.2, 0.25) is 0 Å². The van der Waals surface area contributed by atoms with Crippen molar-refractivity contribution in [3.05, 3.63) is 65.7 Å². The monoisotopic (exact) mass is 361 g/mol. The molecule has 2 rings (SSSR count). The van der Waals surface area contributed by atoms with Crippen LogP contribution >= 0.6 is 0 Å². The number of hydrogen-bond acceptors (Lipinski definition) is 3. The first kappa shape index (κ1) is 19.6. The number of sulfonamides is 1. The van der Waals surface area contributed by atoms with Gasteiger partial charge in [0.15, 0.2) is 0 Å². The third-order valence-corrected chi connectivity index (χ3v) is 5.58. The molecule has 0 aliphatic carbocycles. The van der Waals surface area contributed by atoms with Crippen LogP contribution < -0.4 is 4.72 Å². The number of benzene rings is 2. The molecule has 136 valence electrons. The molecule has 0 bridgehead atoms. The minimum Gasteiger partial charge on any atom is -0.374 e.